The number of aryl methyl sites for hydroxylation is 3. The Morgan fingerprint density at radius 2 is 1.55 bits per heavy atom. The monoisotopic (exact) mass is 382 g/mol. The highest BCUT2D eigenvalue weighted by Gasteiger charge is 2.22. The van der Waals surface area contributed by atoms with E-state index in [2.05, 4.69) is 29.7 Å². The molecule has 0 radical (unpaired) electrons. The number of fused-ring (bicyclic) bond motifs is 3. The van der Waals surface area contributed by atoms with Gasteiger partial charge in [-0.3, -0.25) is 0 Å². The first-order valence-electron chi connectivity index (χ1n) is 9.71. The summed E-state index contributed by atoms with van der Waals surface area (Å²) >= 11 is 0. The van der Waals surface area contributed by atoms with Gasteiger partial charge in [0.15, 0.2) is 6.20 Å². The Kier molecular flexibility index (Phi) is 3.99. The van der Waals surface area contributed by atoms with E-state index in [4.69, 9.17) is 4.42 Å². The average molecular weight is 382 g/mol. The molecule has 0 spiro atoms. The molecule has 0 bridgehead atoms. The molecule has 0 unspecified atom stereocenters. The van der Waals surface area contributed by atoms with Gasteiger partial charge in [-0.05, 0) is 43.2 Å². The number of hydrogen-bond donors (Lipinski definition) is 0. The fourth-order valence-electron chi connectivity index (χ4n) is 4.15. The highest BCUT2D eigenvalue weighted by Crippen LogP contribution is 2.41. The quantitative estimate of drug-likeness (QED) is 0.319. The minimum absolute atomic E-state index is 0.273. The number of aromatic nitrogens is 1. The molecule has 2 heterocycles. The van der Waals surface area contributed by atoms with Crippen LogP contribution < -0.4 is 4.57 Å². The van der Waals surface area contributed by atoms with Crippen LogP contribution >= 0.6 is 0 Å². The topological polar surface area (TPSA) is 17.0 Å². The Morgan fingerprint density at radius 1 is 0.793 bits per heavy atom. The van der Waals surface area contributed by atoms with Crippen LogP contribution in [-0.4, -0.2) is 0 Å². The fraction of sp³-hybridized carbons (Fsp3) is 0.115. The summed E-state index contributed by atoms with van der Waals surface area (Å²) in [6.07, 6.45) is 2.02. The summed E-state index contributed by atoms with van der Waals surface area (Å²) in [7, 11) is 2.02. The molecule has 0 N–H and O–H groups in total. The number of nitrogens with zero attached hydrogens (tertiary/aromatic N) is 1. The van der Waals surface area contributed by atoms with E-state index >= 15 is 0 Å². The molecule has 3 heteroatoms. The van der Waals surface area contributed by atoms with E-state index in [1.54, 1.807) is 0 Å². The first-order valence-corrected chi connectivity index (χ1v) is 9.71. The van der Waals surface area contributed by atoms with Crippen LogP contribution in [0.4, 0.5) is 4.39 Å². The van der Waals surface area contributed by atoms with E-state index in [0.29, 0.717) is 11.1 Å². The van der Waals surface area contributed by atoms with Crippen molar-refractivity contribution in [2.24, 2.45) is 7.05 Å². The molecule has 142 valence electrons. The van der Waals surface area contributed by atoms with E-state index in [1.807, 2.05) is 62.6 Å². The number of pyridine rings is 1. The molecule has 0 fully saturated rings. The van der Waals surface area contributed by atoms with E-state index < -0.39 is 0 Å². The van der Waals surface area contributed by atoms with Crippen molar-refractivity contribution in [3.05, 3.63) is 89.9 Å². The van der Waals surface area contributed by atoms with Crippen molar-refractivity contribution in [3.63, 3.8) is 0 Å². The zero-order chi connectivity index (χ0) is 20.1. The third kappa shape index (κ3) is 2.73. The highest BCUT2D eigenvalue weighted by molar-refractivity contribution is 6.13. The second-order valence-corrected chi connectivity index (χ2v) is 7.60. The van der Waals surface area contributed by atoms with Gasteiger partial charge in [0.25, 0.3) is 0 Å². The van der Waals surface area contributed by atoms with Crippen LogP contribution in [0.2, 0.25) is 0 Å². The van der Waals surface area contributed by atoms with Crippen LogP contribution in [0.25, 0.3) is 44.3 Å². The Morgan fingerprint density at radius 3 is 2.31 bits per heavy atom. The molecule has 0 aliphatic carbocycles. The number of benzene rings is 3. The molecule has 2 aromatic heterocycles. The zero-order valence-corrected chi connectivity index (χ0v) is 16.7. The number of hydrogen-bond acceptors (Lipinski definition) is 1. The molecule has 0 aliphatic heterocycles. The molecule has 0 saturated heterocycles. The van der Waals surface area contributed by atoms with Crippen molar-refractivity contribution in [2.75, 3.05) is 0 Å². The average Bonchev–Trinajstić information content (AvgIpc) is 3.07. The van der Waals surface area contributed by atoms with Crippen molar-refractivity contribution in [1.82, 2.24) is 0 Å². The summed E-state index contributed by atoms with van der Waals surface area (Å²) in [6, 6.07) is 21.5. The summed E-state index contributed by atoms with van der Waals surface area (Å²) in [6.45, 7) is 4.09. The lowest BCUT2D eigenvalue weighted by atomic mass is 9.98. The van der Waals surface area contributed by atoms with Gasteiger partial charge in [-0.2, -0.15) is 0 Å². The molecule has 5 aromatic rings. The highest BCUT2D eigenvalue weighted by atomic mass is 19.1. The van der Waals surface area contributed by atoms with Crippen molar-refractivity contribution in [1.29, 1.82) is 0 Å². The second-order valence-electron chi connectivity index (χ2n) is 7.60. The predicted octanol–water partition coefficient (Wildman–Crippen LogP) is 6.50. The van der Waals surface area contributed by atoms with Crippen LogP contribution in [0.3, 0.4) is 0 Å². The maximum Gasteiger partial charge on any atom is 0.216 e. The number of furan rings is 1. The van der Waals surface area contributed by atoms with Gasteiger partial charge < -0.3 is 4.42 Å². The van der Waals surface area contributed by atoms with Crippen LogP contribution in [0, 0.1) is 19.7 Å². The standard InChI is InChI=1S/C26H21FNO/c1-16-7-6-8-18(15-16)24-21(27)13-12-20-19-11-10-17(2)23(25(19)29-26(20)24)22-9-4-5-14-28(22)3/h4-15H,1-3H3/q+1. The van der Waals surface area contributed by atoms with Crippen molar-refractivity contribution in [2.45, 2.75) is 13.8 Å². The Balaban J connectivity index is 1.91. The molecule has 0 amide bonds. The summed E-state index contributed by atoms with van der Waals surface area (Å²) in [4.78, 5) is 0. The van der Waals surface area contributed by atoms with Crippen LogP contribution in [0.1, 0.15) is 11.1 Å². The van der Waals surface area contributed by atoms with Gasteiger partial charge in [0, 0.05) is 22.9 Å². The maximum absolute atomic E-state index is 15.0. The molecule has 29 heavy (non-hydrogen) atoms. The van der Waals surface area contributed by atoms with Crippen molar-refractivity contribution >= 4 is 21.9 Å². The summed E-state index contributed by atoms with van der Waals surface area (Å²) < 4.78 is 23.5. The fourth-order valence-corrected chi connectivity index (χ4v) is 4.15. The minimum atomic E-state index is -0.273. The van der Waals surface area contributed by atoms with E-state index in [1.165, 1.54) is 6.07 Å². The maximum atomic E-state index is 15.0. The first-order chi connectivity index (χ1) is 14.0. The predicted molar refractivity (Wildman–Crippen MR) is 115 cm³/mol. The molecule has 2 nitrogen and oxygen atoms in total. The van der Waals surface area contributed by atoms with E-state index in [-0.39, 0.29) is 5.82 Å². The molecule has 5 rings (SSSR count). The normalized spacial score (nSPS) is 11.4. The Labute approximate surface area is 168 Å². The summed E-state index contributed by atoms with van der Waals surface area (Å²) in [5, 5.41) is 1.93. The second kappa shape index (κ2) is 6.56. The van der Waals surface area contributed by atoms with Gasteiger partial charge in [-0.25, -0.2) is 8.96 Å². The largest absolute Gasteiger partial charge is 0.454 e. The van der Waals surface area contributed by atoms with Crippen LogP contribution in [0.15, 0.2) is 77.3 Å². The summed E-state index contributed by atoms with van der Waals surface area (Å²) in [5.74, 6) is -0.273. The number of rotatable bonds is 2. The van der Waals surface area contributed by atoms with Gasteiger partial charge in [-0.1, -0.05) is 42.0 Å². The molecule has 0 atom stereocenters. The Bertz CT molecular complexity index is 1400. The Hall–Kier alpha value is -3.46. The SMILES string of the molecule is Cc1cccc(-c2c(F)ccc3c2oc2c(-c4cccc[n+]4C)c(C)ccc23)c1. The van der Waals surface area contributed by atoms with Gasteiger partial charge >= 0.3 is 0 Å². The van der Waals surface area contributed by atoms with Crippen molar-refractivity contribution in [3.8, 4) is 22.4 Å². The van der Waals surface area contributed by atoms with E-state index in [9.17, 15) is 4.39 Å². The number of halogens is 1. The summed E-state index contributed by atoms with van der Waals surface area (Å²) in [5.41, 5.74) is 7.04. The lowest BCUT2D eigenvalue weighted by Gasteiger charge is -2.05. The molecule has 0 saturated carbocycles. The lowest BCUT2D eigenvalue weighted by Crippen LogP contribution is -2.30. The third-order valence-electron chi connectivity index (χ3n) is 5.58. The first kappa shape index (κ1) is 17.6. The third-order valence-corrected chi connectivity index (χ3v) is 5.58. The van der Waals surface area contributed by atoms with Crippen molar-refractivity contribution < 1.29 is 13.4 Å². The van der Waals surface area contributed by atoms with Gasteiger partial charge in [-0.15, -0.1) is 0 Å². The lowest BCUT2D eigenvalue weighted by molar-refractivity contribution is -0.660. The smallest absolute Gasteiger partial charge is 0.216 e. The zero-order valence-electron chi connectivity index (χ0n) is 16.7. The van der Waals surface area contributed by atoms with Crippen LogP contribution in [-0.2, 0) is 7.05 Å². The molecule has 3 aromatic carbocycles. The van der Waals surface area contributed by atoms with Gasteiger partial charge in [0.1, 0.15) is 24.0 Å². The minimum Gasteiger partial charge on any atom is -0.454 e. The van der Waals surface area contributed by atoms with Gasteiger partial charge in [0.2, 0.25) is 5.69 Å². The van der Waals surface area contributed by atoms with E-state index in [0.717, 1.165) is 44.3 Å². The van der Waals surface area contributed by atoms with Gasteiger partial charge in [0.05, 0.1) is 11.1 Å². The molecular weight excluding hydrogens is 361 g/mol. The van der Waals surface area contributed by atoms with Crippen LogP contribution in [0.5, 0.6) is 0 Å². The molecule has 0 aliphatic rings. The molecular formula is C26H21FNO+.